The number of thiazole rings is 1. The molecule has 1 aliphatic heterocycles. The molecule has 5 nitrogen and oxygen atoms in total. The average molecular weight is 526 g/mol. The molecule has 0 saturated carbocycles. The smallest absolute Gasteiger partial charge is 0.193 e. The molecule has 0 atom stereocenters. The van der Waals surface area contributed by atoms with Gasteiger partial charge in [-0.15, -0.1) is 35.3 Å². The Morgan fingerprint density at radius 3 is 2.83 bits per heavy atom. The number of nitrogens with two attached hydrogens (primary N) is 1. The molecule has 1 fully saturated rings. The van der Waals surface area contributed by atoms with Crippen molar-refractivity contribution in [1.82, 2.24) is 9.88 Å². The number of aromatic nitrogens is 1. The molecule has 0 bridgehead atoms. The van der Waals surface area contributed by atoms with E-state index in [1.54, 1.807) is 11.3 Å². The Morgan fingerprint density at radius 2 is 2.07 bits per heavy atom. The van der Waals surface area contributed by atoms with E-state index >= 15 is 0 Å². The third kappa shape index (κ3) is 6.15. The first-order valence-corrected chi connectivity index (χ1v) is 11.4. The van der Waals surface area contributed by atoms with E-state index in [1.165, 1.54) is 53.9 Å². The molecule has 2 heterocycles. The van der Waals surface area contributed by atoms with Gasteiger partial charge in [0, 0.05) is 24.2 Å². The maximum atomic E-state index is 6.13. The zero-order valence-corrected chi connectivity index (χ0v) is 20.3. The molecule has 1 aromatic heterocycles. The van der Waals surface area contributed by atoms with Crippen molar-refractivity contribution >= 4 is 47.0 Å². The van der Waals surface area contributed by atoms with Gasteiger partial charge in [0.2, 0.25) is 0 Å². The minimum absolute atomic E-state index is 0. The summed E-state index contributed by atoms with van der Waals surface area (Å²) in [5.74, 6) is 1.16. The fraction of sp³-hybridized carbons (Fsp3) is 0.545. The number of aryl methyl sites for hydroxylation is 3. The minimum Gasteiger partial charge on any atom is -0.370 e. The van der Waals surface area contributed by atoms with E-state index in [2.05, 4.69) is 45.7 Å². The van der Waals surface area contributed by atoms with Crippen LogP contribution in [0, 0.1) is 5.92 Å². The van der Waals surface area contributed by atoms with Crippen LogP contribution in [0.25, 0.3) is 0 Å². The first-order valence-electron chi connectivity index (χ1n) is 10.5. The van der Waals surface area contributed by atoms with E-state index in [0.29, 0.717) is 11.9 Å². The second kappa shape index (κ2) is 10.7. The van der Waals surface area contributed by atoms with Crippen molar-refractivity contribution in [3.05, 3.63) is 45.4 Å². The normalized spacial score (nSPS) is 17.8. The van der Waals surface area contributed by atoms with Gasteiger partial charge in [-0.3, -0.25) is 9.89 Å². The molecule has 0 radical (unpaired) electrons. The summed E-state index contributed by atoms with van der Waals surface area (Å²) in [5.41, 5.74) is 11.4. The number of hydrogen-bond acceptors (Lipinski definition) is 4. The molecule has 2 aromatic rings. The lowest BCUT2D eigenvalue weighted by atomic mass is 9.97. The molecular weight excluding hydrogens is 493 g/mol. The van der Waals surface area contributed by atoms with Gasteiger partial charge in [0.05, 0.1) is 10.7 Å². The van der Waals surface area contributed by atoms with Crippen molar-refractivity contribution in [2.45, 2.75) is 52.0 Å². The van der Waals surface area contributed by atoms with Crippen LogP contribution in [0.3, 0.4) is 0 Å². The highest BCUT2D eigenvalue weighted by atomic mass is 127. The van der Waals surface area contributed by atoms with Gasteiger partial charge in [-0.05, 0) is 80.8 Å². The molecule has 7 heteroatoms. The molecule has 0 amide bonds. The third-order valence-corrected chi connectivity index (χ3v) is 6.93. The van der Waals surface area contributed by atoms with Crippen LogP contribution in [0.15, 0.2) is 28.6 Å². The lowest BCUT2D eigenvalue weighted by Gasteiger charge is -2.30. The van der Waals surface area contributed by atoms with Gasteiger partial charge in [-0.1, -0.05) is 13.0 Å². The van der Waals surface area contributed by atoms with Crippen LogP contribution >= 0.6 is 35.3 Å². The van der Waals surface area contributed by atoms with E-state index in [4.69, 9.17) is 10.7 Å². The second-order valence-corrected chi connectivity index (χ2v) is 8.94. The van der Waals surface area contributed by atoms with Crippen molar-refractivity contribution in [1.29, 1.82) is 0 Å². The molecular formula is C22H32IN5S. The molecule has 1 aliphatic carbocycles. The van der Waals surface area contributed by atoms with Gasteiger partial charge >= 0.3 is 0 Å². The van der Waals surface area contributed by atoms with Gasteiger partial charge in [-0.25, -0.2) is 4.98 Å². The lowest BCUT2D eigenvalue weighted by molar-refractivity contribution is 0.179. The van der Waals surface area contributed by atoms with E-state index in [1.807, 2.05) is 0 Å². The maximum Gasteiger partial charge on any atom is 0.193 e. The SMILES string of the molecule is CCc1nc(CN2CCC(CN=C(N)Nc3ccc4c(c3)CCC4)CC2)cs1.I. The van der Waals surface area contributed by atoms with Crippen LogP contribution in [-0.4, -0.2) is 35.5 Å². The summed E-state index contributed by atoms with van der Waals surface area (Å²) in [4.78, 5) is 11.8. The Kier molecular flexibility index (Phi) is 8.32. The molecule has 1 aromatic carbocycles. The highest BCUT2D eigenvalue weighted by molar-refractivity contribution is 14.0. The standard InChI is InChI=1S/C22H31N5S.HI/c1-2-21-25-20(15-28-21)14-27-10-8-16(9-11-27)13-24-22(23)26-19-7-6-17-4-3-5-18(17)12-19;/h6-7,12,15-16H,2-5,8-11,13-14H2,1H3,(H3,23,24,26);1H. The number of rotatable bonds is 6. The summed E-state index contributed by atoms with van der Waals surface area (Å²) in [6, 6.07) is 6.57. The molecule has 0 spiro atoms. The van der Waals surface area contributed by atoms with Gasteiger partial charge < -0.3 is 11.1 Å². The summed E-state index contributed by atoms with van der Waals surface area (Å²) < 4.78 is 0. The van der Waals surface area contributed by atoms with Crippen molar-refractivity contribution in [3.63, 3.8) is 0 Å². The lowest BCUT2D eigenvalue weighted by Crippen LogP contribution is -2.34. The predicted octanol–water partition coefficient (Wildman–Crippen LogP) is 4.45. The highest BCUT2D eigenvalue weighted by Crippen LogP contribution is 2.25. The van der Waals surface area contributed by atoms with Crippen LogP contribution in [0.1, 0.15) is 48.0 Å². The number of nitrogens with zero attached hydrogens (tertiary/aromatic N) is 3. The average Bonchev–Trinajstić information content (AvgIpc) is 3.36. The molecule has 4 rings (SSSR count). The highest BCUT2D eigenvalue weighted by Gasteiger charge is 2.20. The number of guanidine groups is 1. The van der Waals surface area contributed by atoms with Gasteiger partial charge in [0.25, 0.3) is 0 Å². The number of fused-ring (bicyclic) bond motifs is 1. The molecule has 158 valence electrons. The van der Waals surface area contributed by atoms with Crippen molar-refractivity contribution in [3.8, 4) is 0 Å². The monoisotopic (exact) mass is 525 g/mol. The van der Waals surface area contributed by atoms with Crippen LogP contribution in [0.5, 0.6) is 0 Å². The molecule has 0 unspecified atom stereocenters. The number of benzene rings is 1. The number of hydrogen-bond donors (Lipinski definition) is 2. The van der Waals surface area contributed by atoms with Gasteiger partial charge in [-0.2, -0.15) is 0 Å². The minimum atomic E-state index is 0. The Hall–Kier alpha value is -1.19. The Labute approximate surface area is 195 Å². The largest absolute Gasteiger partial charge is 0.370 e. The second-order valence-electron chi connectivity index (χ2n) is 7.99. The Bertz CT molecular complexity index is 826. The summed E-state index contributed by atoms with van der Waals surface area (Å²) in [6.45, 7) is 6.21. The van der Waals surface area contributed by atoms with Crippen molar-refractivity contribution in [2.75, 3.05) is 25.0 Å². The topological polar surface area (TPSA) is 66.5 Å². The molecule has 3 N–H and O–H groups in total. The summed E-state index contributed by atoms with van der Waals surface area (Å²) in [6.07, 6.45) is 7.05. The van der Waals surface area contributed by atoms with Crippen LogP contribution in [-0.2, 0) is 25.8 Å². The molecule has 2 aliphatic rings. The third-order valence-electron chi connectivity index (χ3n) is 5.89. The summed E-state index contributed by atoms with van der Waals surface area (Å²) in [7, 11) is 0. The summed E-state index contributed by atoms with van der Waals surface area (Å²) in [5, 5.41) is 6.72. The first-order chi connectivity index (χ1) is 13.7. The van der Waals surface area contributed by atoms with Crippen molar-refractivity contribution < 1.29 is 0 Å². The van der Waals surface area contributed by atoms with E-state index < -0.39 is 0 Å². The van der Waals surface area contributed by atoms with Crippen molar-refractivity contribution in [2.24, 2.45) is 16.6 Å². The molecule has 1 saturated heterocycles. The Balaban J connectivity index is 0.00000240. The number of likely N-dealkylation sites (tertiary alicyclic amines) is 1. The van der Waals surface area contributed by atoms with E-state index in [-0.39, 0.29) is 24.0 Å². The summed E-state index contributed by atoms with van der Waals surface area (Å²) >= 11 is 1.78. The van der Waals surface area contributed by atoms with Crippen LogP contribution in [0.2, 0.25) is 0 Å². The number of nitrogens with one attached hydrogen (secondary N) is 1. The first kappa shape index (κ1) is 22.5. The van der Waals surface area contributed by atoms with E-state index in [0.717, 1.165) is 38.3 Å². The predicted molar refractivity (Wildman–Crippen MR) is 133 cm³/mol. The van der Waals surface area contributed by atoms with Gasteiger partial charge in [0.1, 0.15) is 0 Å². The van der Waals surface area contributed by atoms with Crippen LogP contribution < -0.4 is 11.1 Å². The number of aliphatic imine (C=N–C) groups is 1. The number of piperidine rings is 1. The quantitative estimate of drug-likeness (QED) is 0.332. The Morgan fingerprint density at radius 1 is 1.28 bits per heavy atom. The van der Waals surface area contributed by atoms with E-state index in [9.17, 15) is 0 Å². The fourth-order valence-electron chi connectivity index (χ4n) is 4.20. The fourth-order valence-corrected chi connectivity index (χ4v) is 4.94. The number of halogens is 1. The number of anilines is 1. The van der Waals surface area contributed by atoms with Gasteiger partial charge in [0.15, 0.2) is 5.96 Å². The van der Waals surface area contributed by atoms with Crippen LogP contribution in [0.4, 0.5) is 5.69 Å². The zero-order valence-electron chi connectivity index (χ0n) is 17.2. The zero-order chi connectivity index (χ0) is 19.3. The molecule has 29 heavy (non-hydrogen) atoms. The maximum absolute atomic E-state index is 6.13.